The van der Waals surface area contributed by atoms with E-state index >= 15 is 0 Å². The Bertz CT molecular complexity index is 633. The van der Waals surface area contributed by atoms with Gasteiger partial charge >= 0.3 is 29.6 Å². The molecule has 2 aromatic rings. The van der Waals surface area contributed by atoms with E-state index in [-0.39, 0.29) is 45.2 Å². The van der Waals surface area contributed by atoms with Crippen LogP contribution in [0, 0.1) is 0 Å². The molecule has 16 heavy (non-hydrogen) atoms. The summed E-state index contributed by atoms with van der Waals surface area (Å²) in [5, 5.41) is 18.6. The maximum Gasteiger partial charge on any atom is 1.00 e. The van der Waals surface area contributed by atoms with E-state index in [0.717, 1.165) is 0 Å². The molecule has 1 heterocycles. The summed E-state index contributed by atoms with van der Waals surface area (Å²) >= 11 is 0. The third-order valence-corrected chi connectivity index (χ3v) is 2.93. The van der Waals surface area contributed by atoms with E-state index in [9.17, 15) is 23.3 Å². The van der Waals surface area contributed by atoms with E-state index in [4.69, 9.17) is 0 Å². The minimum atomic E-state index is -4.82. The molecule has 2 N–H and O–H groups in total. The van der Waals surface area contributed by atoms with Gasteiger partial charge in [0.1, 0.15) is 15.0 Å². The number of aromatic hydroxyl groups is 1. The van der Waals surface area contributed by atoms with Crippen molar-refractivity contribution in [2.75, 3.05) is 0 Å². The normalized spacial score (nSPS) is 11.3. The van der Waals surface area contributed by atoms with E-state index in [2.05, 4.69) is 0 Å². The number of nitrogens with zero attached hydrogens (tertiary/aromatic N) is 1. The molecule has 6 nitrogen and oxygen atoms in total. The Morgan fingerprint density at radius 2 is 1.81 bits per heavy atom. The Balaban J connectivity index is 0.00000128. The number of rotatable bonds is 1. The van der Waals surface area contributed by atoms with Crippen LogP contribution in [0.2, 0.25) is 0 Å². The van der Waals surface area contributed by atoms with Crippen molar-refractivity contribution in [3.05, 3.63) is 24.3 Å². The van der Waals surface area contributed by atoms with Gasteiger partial charge in [0, 0.05) is 5.39 Å². The summed E-state index contributed by atoms with van der Waals surface area (Å²) in [4.78, 5) is -0.805. The molecule has 1 aromatic carbocycles. The molecule has 0 amide bonds. The predicted octanol–water partition coefficient (Wildman–Crippen LogP) is -2.51. The molecule has 0 bridgehead atoms. The molecule has 2 rings (SSSR count). The average molecular weight is 251 g/mol. The maximum absolute atomic E-state index is 10.8. The first-order valence-electron chi connectivity index (χ1n) is 3.90. The second-order valence-electron chi connectivity index (χ2n) is 2.94. The molecule has 0 aliphatic carbocycles. The van der Waals surface area contributed by atoms with Gasteiger partial charge in [0.05, 0.1) is 5.52 Å². The van der Waals surface area contributed by atoms with E-state index < -0.39 is 20.9 Å². The number of fused-ring (bicyclic) bond motifs is 1. The van der Waals surface area contributed by atoms with Crippen molar-refractivity contribution in [3.63, 3.8) is 0 Å². The monoisotopic (exact) mass is 251 g/mol. The van der Waals surface area contributed by atoms with Gasteiger partial charge in [0.2, 0.25) is 5.88 Å². The van der Waals surface area contributed by atoms with Crippen LogP contribution >= 0.6 is 0 Å². The van der Waals surface area contributed by atoms with Crippen LogP contribution in [0.15, 0.2) is 29.2 Å². The molecule has 0 spiro atoms. The van der Waals surface area contributed by atoms with E-state index in [0.29, 0.717) is 0 Å². The van der Waals surface area contributed by atoms with Gasteiger partial charge in [-0.15, -0.1) is 0 Å². The summed E-state index contributed by atoms with van der Waals surface area (Å²) in [5.74, 6) is -0.966. The molecule has 0 fully saturated rings. The fourth-order valence-electron chi connectivity index (χ4n) is 1.43. The SMILES string of the molecule is O=S(=O)([O-])c1c(O)n(O)c2ccccc12.[Na+]. The van der Waals surface area contributed by atoms with Crippen LogP contribution in [0.3, 0.4) is 0 Å². The largest absolute Gasteiger partial charge is 1.00 e. The molecule has 8 heteroatoms. The van der Waals surface area contributed by atoms with Crippen LogP contribution in [0.25, 0.3) is 10.9 Å². The summed E-state index contributed by atoms with van der Waals surface area (Å²) < 4.78 is 32.8. The van der Waals surface area contributed by atoms with Gasteiger partial charge in [-0.1, -0.05) is 18.2 Å². The summed E-state index contributed by atoms with van der Waals surface area (Å²) in [6.45, 7) is 0. The van der Waals surface area contributed by atoms with Gasteiger partial charge in [-0.05, 0) is 6.07 Å². The maximum atomic E-state index is 10.8. The molecular weight excluding hydrogens is 245 g/mol. The van der Waals surface area contributed by atoms with Crippen molar-refractivity contribution >= 4 is 21.0 Å². The topological polar surface area (TPSA) is 103 Å². The van der Waals surface area contributed by atoms with Crippen LogP contribution in [-0.4, -0.2) is 28.0 Å². The molecule has 0 saturated heterocycles. The number of benzene rings is 1. The number of aromatic nitrogens is 1. The summed E-state index contributed by atoms with van der Waals surface area (Å²) in [7, 11) is -4.82. The van der Waals surface area contributed by atoms with Gasteiger partial charge in [0.15, 0.2) is 0 Å². The van der Waals surface area contributed by atoms with Crippen molar-refractivity contribution in [2.45, 2.75) is 4.90 Å². The van der Waals surface area contributed by atoms with Crippen molar-refractivity contribution in [1.82, 2.24) is 4.73 Å². The number of hydrogen-bond donors (Lipinski definition) is 2. The fourth-order valence-corrected chi connectivity index (χ4v) is 2.18. The van der Waals surface area contributed by atoms with Gasteiger partial charge in [-0.25, -0.2) is 8.42 Å². The molecule has 0 aliphatic rings. The molecule has 0 aliphatic heterocycles. The Morgan fingerprint density at radius 1 is 1.25 bits per heavy atom. The van der Waals surface area contributed by atoms with Gasteiger partial charge in [-0.2, -0.15) is 4.73 Å². The van der Waals surface area contributed by atoms with Crippen LogP contribution < -0.4 is 29.6 Å². The van der Waals surface area contributed by atoms with Crippen molar-refractivity contribution in [1.29, 1.82) is 0 Å². The Hall–Kier alpha value is -0.730. The zero-order chi connectivity index (χ0) is 11.2. The second kappa shape index (κ2) is 4.27. The van der Waals surface area contributed by atoms with E-state index in [1.54, 1.807) is 0 Å². The number of hydrogen-bond acceptors (Lipinski definition) is 5. The summed E-state index contributed by atoms with van der Waals surface area (Å²) in [6.07, 6.45) is 0. The minimum Gasteiger partial charge on any atom is -0.744 e. The smallest absolute Gasteiger partial charge is 0.744 e. The van der Waals surface area contributed by atoms with Crippen LogP contribution in [-0.2, 0) is 10.1 Å². The second-order valence-corrected chi connectivity index (χ2v) is 4.25. The quantitative estimate of drug-likeness (QED) is 0.331. The molecular formula is C8H6NNaO5S. The van der Waals surface area contributed by atoms with Crippen molar-refractivity contribution in [2.24, 2.45) is 0 Å². The third kappa shape index (κ3) is 1.92. The van der Waals surface area contributed by atoms with E-state index in [1.807, 2.05) is 0 Å². The molecule has 0 atom stereocenters. The fraction of sp³-hybridized carbons (Fsp3) is 0. The first-order chi connectivity index (χ1) is 6.93. The van der Waals surface area contributed by atoms with Gasteiger partial charge < -0.3 is 14.9 Å². The zero-order valence-electron chi connectivity index (χ0n) is 8.28. The molecule has 80 valence electrons. The first-order valence-corrected chi connectivity index (χ1v) is 5.31. The van der Waals surface area contributed by atoms with Crippen molar-refractivity contribution in [3.8, 4) is 5.88 Å². The average Bonchev–Trinajstić information content (AvgIpc) is 2.39. The Labute approximate surface area is 113 Å². The molecule has 0 saturated carbocycles. The molecule has 0 unspecified atom stereocenters. The minimum absolute atomic E-state index is 0. The third-order valence-electron chi connectivity index (χ3n) is 2.03. The molecule has 1 aromatic heterocycles. The van der Waals surface area contributed by atoms with Crippen LogP contribution in [0.1, 0.15) is 0 Å². The summed E-state index contributed by atoms with van der Waals surface area (Å²) in [6, 6.07) is 5.74. The number of para-hydroxylation sites is 1. The van der Waals surface area contributed by atoms with Gasteiger partial charge in [0.25, 0.3) is 0 Å². The van der Waals surface area contributed by atoms with Crippen LogP contribution in [0.4, 0.5) is 0 Å². The zero-order valence-corrected chi connectivity index (χ0v) is 11.1. The van der Waals surface area contributed by atoms with Crippen LogP contribution in [0.5, 0.6) is 5.88 Å². The first kappa shape index (κ1) is 13.3. The van der Waals surface area contributed by atoms with Crippen molar-refractivity contribution < 1.29 is 52.8 Å². The molecule has 0 radical (unpaired) electrons. The standard InChI is InChI=1S/C8H7NO5S.Na/c10-8-7(15(12,13)14)5-3-1-2-4-6(5)9(8)11;/h1-4,10-11H,(H,12,13,14);/q;+1/p-1. The van der Waals surface area contributed by atoms with Gasteiger partial charge in [-0.3, -0.25) is 0 Å². The Morgan fingerprint density at radius 3 is 2.38 bits per heavy atom. The predicted molar refractivity (Wildman–Crippen MR) is 48.8 cm³/mol. The van der Waals surface area contributed by atoms with E-state index in [1.165, 1.54) is 24.3 Å². The Kier molecular flexibility index (Phi) is 3.56. The summed E-state index contributed by atoms with van der Waals surface area (Å²) in [5.41, 5.74) is 0.0597.